The molecule has 1 saturated heterocycles. The van der Waals surface area contributed by atoms with Crippen LogP contribution in [0.2, 0.25) is 0 Å². The van der Waals surface area contributed by atoms with Crippen molar-refractivity contribution in [3.05, 3.63) is 29.8 Å². The van der Waals surface area contributed by atoms with Crippen molar-refractivity contribution in [1.82, 2.24) is 4.90 Å². The fourth-order valence-corrected chi connectivity index (χ4v) is 2.99. The Morgan fingerprint density at radius 3 is 2.50 bits per heavy atom. The second-order valence-electron chi connectivity index (χ2n) is 5.62. The molecule has 0 unspecified atom stereocenters. The van der Waals surface area contributed by atoms with Crippen LogP contribution < -0.4 is 4.90 Å². The highest BCUT2D eigenvalue weighted by Gasteiger charge is 2.34. The first-order valence-corrected chi connectivity index (χ1v) is 7.97. The van der Waals surface area contributed by atoms with E-state index in [2.05, 4.69) is 18.7 Å². The van der Waals surface area contributed by atoms with E-state index < -0.39 is 12.0 Å². The number of amides is 1. The van der Waals surface area contributed by atoms with Gasteiger partial charge < -0.3 is 14.9 Å². The van der Waals surface area contributed by atoms with Gasteiger partial charge in [0.2, 0.25) is 0 Å². The highest BCUT2D eigenvalue weighted by Crippen LogP contribution is 2.22. The molecule has 5 nitrogen and oxygen atoms in total. The van der Waals surface area contributed by atoms with Gasteiger partial charge in [-0.2, -0.15) is 0 Å². The Morgan fingerprint density at radius 1 is 1.27 bits per heavy atom. The molecule has 1 fully saturated rings. The number of hydrogen-bond donors (Lipinski definition) is 1. The molecule has 2 rings (SSSR count). The van der Waals surface area contributed by atoms with Crippen molar-refractivity contribution in [2.75, 3.05) is 24.5 Å². The number of likely N-dealkylation sites (tertiary alicyclic amines) is 1. The number of carbonyl (C=O) groups is 2. The molecule has 1 aliphatic rings. The summed E-state index contributed by atoms with van der Waals surface area (Å²) in [6, 6.07) is 6.80. The molecule has 1 amide bonds. The van der Waals surface area contributed by atoms with Gasteiger partial charge in [-0.3, -0.25) is 4.79 Å². The van der Waals surface area contributed by atoms with E-state index in [9.17, 15) is 14.7 Å². The van der Waals surface area contributed by atoms with Gasteiger partial charge in [-0.25, -0.2) is 4.79 Å². The highest BCUT2D eigenvalue weighted by molar-refractivity contribution is 5.97. The maximum Gasteiger partial charge on any atom is 0.326 e. The lowest BCUT2D eigenvalue weighted by molar-refractivity contribution is -0.141. The Hall–Kier alpha value is -2.04. The molecule has 1 atom stereocenters. The molecule has 0 bridgehead atoms. The van der Waals surface area contributed by atoms with E-state index in [0.717, 1.165) is 31.6 Å². The molecule has 120 valence electrons. The standard InChI is InChI=1S/C17H24N2O3/c1-3-11-18(4-2)14-9-7-13(8-10-14)16(20)19-12-5-6-15(19)17(21)22/h7-10,15H,3-6,11-12H2,1-2H3,(H,21,22)/t15-/m1/s1. The summed E-state index contributed by atoms with van der Waals surface area (Å²) < 4.78 is 0. The molecule has 1 heterocycles. The van der Waals surface area contributed by atoms with Crippen LogP contribution in [0.15, 0.2) is 24.3 Å². The van der Waals surface area contributed by atoms with Crippen LogP contribution in [0.3, 0.4) is 0 Å². The van der Waals surface area contributed by atoms with E-state index in [-0.39, 0.29) is 5.91 Å². The lowest BCUT2D eigenvalue weighted by atomic mass is 10.1. The van der Waals surface area contributed by atoms with Crippen LogP contribution in [0.4, 0.5) is 5.69 Å². The number of anilines is 1. The zero-order valence-electron chi connectivity index (χ0n) is 13.3. The third-order valence-electron chi connectivity index (χ3n) is 4.15. The predicted molar refractivity (Wildman–Crippen MR) is 86.3 cm³/mol. The van der Waals surface area contributed by atoms with Crippen molar-refractivity contribution in [2.24, 2.45) is 0 Å². The maximum atomic E-state index is 12.5. The molecule has 22 heavy (non-hydrogen) atoms. The molecule has 0 radical (unpaired) electrons. The Labute approximate surface area is 131 Å². The average Bonchev–Trinajstić information content (AvgIpc) is 3.02. The van der Waals surface area contributed by atoms with Gasteiger partial charge in [-0.15, -0.1) is 0 Å². The van der Waals surface area contributed by atoms with Crippen LogP contribution >= 0.6 is 0 Å². The lowest BCUT2D eigenvalue weighted by Crippen LogP contribution is -2.40. The summed E-state index contributed by atoms with van der Waals surface area (Å²) in [7, 11) is 0. The van der Waals surface area contributed by atoms with Crippen LogP contribution in [-0.2, 0) is 4.79 Å². The first-order chi connectivity index (χ1) is 10.6. The molecular formula is C17H24N2O3. The molecule has 0 spiro atoms. The minimum atomic E-state index is -0.914. The summed E-state index contributed by atoms with van der Waals surface area (Å²) >= 11 is 0. The molecule has 1 aliphatic heterocycles. The first kappa shape index (κ1) is 16.3. The lowest BCUT2D eigenvalue weighted by Gasteiger charge is -2.24. The first-order valence-electron chi connectivity index (χ1n) is 7.97. The number of hydrogen-bond acceptors (Lipinski definition) is 3. The van der Waals surface area contributed by atoms with Gasteiger partial charge in [0.05, 0.1) is 0 Å². The minimum absolute atomic E-state index is 0.185. The Kier molecular flexibility index (Phi) is 5.41. The zero-order chi connectivity index (χ0) is 16.1. The Bertz CT molecular complexity index is 527. The number of aliphatic carboxylic acids is 1. The number of carboxylic acids is 1. The number of nitrogens with zero attached hydrogens (tertiary/aromatic N) is 2. The zero-order valence-corrected chi connectivity index (χ0v) is 13.3. The van der Waals surface area contributed by atoms with E-state index >= 15 is 0 Å². The SMILES string of the molecule is CCCN(CC)c1ccc(C(=O)N2CCC[C@@H]2C(=O)O)cc1. The smallest absolute Gasteiger partial charge is 0.326 e. The molecule has 0 aromatic heterocycles. The quantitative estimate of drug-likeness (QED) is 0.877. The molecule has 0 aliphatic carbocycles. The number of carboxylic acid groups (broad SMARTS) is 1. The van der Waals surface area contributed by atoms with Crippen LogP contribution in [0.5, 0.6) is 0 Å². The van der Waals surface area contributed by atoms with Crippen molar-refractivity contribution in [2.45, 2.75) is 39.2 Å². The summed E-state index contributed by atoms with van der Waals surface area (Å²) in [6.45, 7) is 6.68. The monoisotopic (exact) mass is 304 g/mol. The van der Waals surface area contributed by atoms with Crippen molar-refractivity contribution >= 4 is 17.6 Å². The van der Waals surface area contributed by atoms with Gasteiger partial charge in [0.15, 0.2) is 0 Å². The van der Waals surface area contributed by atoms with Gasteiger partial charge in [0.1, 0.15) is 6.04 Å². The van der Waals surface area contributed by atoms with Crippen molar-refractivity contribution in [3.8, 4) is 0 Å². The van der Waals surface area contributed by atoms with Gasteiger partial charge in [0.25, 0.3) is 5.91 Å². The summed E-state index contributed by atoms with van der Waals surface area (Å²) in [5.41, 5.74) is 1.65. The molecular weight excluding hydrogens is 280 g/mol. The van der Waals surface area contributed by atoms with Crippen LogP contribution in [-0.4, -0.2) is 47.6 Å². The Balaban J connectivity index is 2.12. The fourth-order valence-electron chi connectivity index (χ4n) is 2.99. The van der Waals surface area contributed by atoms with Crippen molar-refractivity contribution in [3.63, 3.8) is 0 Å². The highest BCUT2D eigenvalue weighted by atomic mass is 16.4. The normalized spacial score (nSPS) is 17.5. The number of rotatable bonds is 6. The van der Waals surface area contributed by atoms with Crippen LogP contribution in [0.25, 0.3) is 0 Å². The van der Waals surface area contributed by atoms with E-state index in [1.165, 1.54) is 4.90 Å². The second kappa shape index (κ2) is 7.29. The van der Waals surface area contributed by atoms with E-state index in [1.54, 1.807) is 12.1 Å². The van der Waals surface area contributed by atoms with Crippen molar-refractivity contribution < 1.29 is 14.7 Å². The summed E-state index contributed by atoms with van der Waals surface area (Å²) in [5, 5.41) is 9.19. The predicted octanol–water partition coefficient (Wildman–Crippen LogP) is 2.61. The molecule has 1 aromatic rings. The third kappa shape index (κ3) is 3.40. The van der Waals surface area contributed by atoms with Crippen molar-refractivity contribution in [1.29, 1.82) is 0 Å². The second-order valence-corrected chi connectivity index (χ2v) is 5.62. The summed E-state index contributed by atoms with van der Waals surface area (Å²) in [5.74, 6) is -1.10. The summed E-state index contributed by atoms with van der Waals surface area (Å²) in [4.78, 5) is 27.4. The van der Waals surface area contributed by atoms with Gasteiger partial charge in [0, 0.05) is 30.9 Å². The van der Waals surface area contributed by atoms with Crippen LogP contribution in [0.1, 0.15) is 43.5 Å². The summed E-state index contributed by atoms with van der Waals surface area (Å²) in [6.07, 6.45) is 2.36. The molecule has 1 N–H and O–H groups in total. The van der Waals surface area contributed by atoms with Gasteiger partial charge >= 0.3 is 5.97 Å². The minimum Gasteiger partial charge on any atom is -0.480 e. The Morgan fingerprint density at radius 2 is 1.95 bits per heavy atom. The van der Waals surface area contributed by atoms with Crippen LogP contribution in [0, 0.1) is 0 Å². The van der Waals surface area contributed by atoms with Gasteiger partial charge in [-0.05, 0) is 50.5 Å². The molecule has 0 saturated carbocycles. The molecule has 5 heteroatoms. The number of benzene rings is 1. The topological polar surface area (TPSA) is 60.9 Å². The van der Waals surface area contributed by atoms with E-state index in [0.29, 0.717) is 18.5 Å². The largest absolute Gasteiger partial charge is 0.480 e. The van der Waals surface area contributed by atoms with E-state index in [1.807, 2.05) is 12.1 Å². The van der Waals surface area contributed by atoms with Gasteiger partial charge in [-0.1, -0.05) is 6.92 Å². The fraction of sp³-hybridized carbons (Fsp3) is 0.529. The average molecular weight is 304 g/mol. The molecule has 1 aromatic carbocycles. The maximum absolute atomic E-state index is 12.5. The van der Waals surface area contributed by atoms with E-state index in [4.69, 9.17) is 0 Å². The number of carbonyl (C=O) groups excluding carboxylic acids is 1. The third-order valence-corrected chi connectivity index (χ3v) is 4.15.